The third-order valence-electron chi connectivity index (χ3n) is 5.99. The summed E-state index contributed by atoms with van der Waals surface area (Å²) in [5.41, 5.74) is -2.29. The summed E-state index contributed by atoms with van der Waals surface area (Å²) in [5, 5.41) is 11.6. The van der Waals surface area contributed by atoms with Gasteiger partial charge in [-0.3, -0.25) is 0 Å². The molecule has 0 aliphatic carbocycles. The summed E-state index contributed by atoms with van der Waals surface area (Å²) in [7, 11) is -4.06. The van der Waals surface area contributed by atoms with Gasteiger partial charge in [-0.2, -0.15) is 13.2 Å². The van der Waals surface area contributed by atoms with Crippen molar-refractivity contribution in [3.63, 3.8) is 0 Å². The van der Waals surface area contributed by atoms with Crippen molar-refractivity contribution in [3.05, 3.63) is 102 Å². The molecule has 0 aliphatic heterocycles. The molecule has 1 heterocycles. The van der Waals surface area contributed by atoms with E-state index in [0.29, 0.717) is 18.1 Å². The molecule has 0 saturated heterocycles. The molecular weight excluding hydrogens is 477 g/mol. The molecule has 0 spiro atoms. The lowest BCUT2D eigenvalue weighted by Crippen LogP contribution is -2.39. The van der Waals surface area contributed by atoms with Crippen molar-refractivity contribution in [3.8, 4) is 0 Å². The maximum atomic E-state index is 13.7. The highest BCUT2D eigenvalue weighted by Crippen LogP contribution is 2.38. The number of aliphatic hydroxyl groups is 1. The van der Waals surface area contributed by atoms with E-state index in [1.54, 1.807) is 31.3 Å². The molecule has 0 amide bonds. The first-order chi connectivity index (χ1) is 16.4. The molecule has 35 heavy (non-hydrogen) atoms. The lowest BCUT2D eigenvalue weighted by Gasteiger charge is -2.28. The number of halogens is 3. The molecule has 0 bridgehead atoms. The molecule has 1 aromatic heterocycles. The van der Waals surface area contributed by atoms with E-state index in [4.69, 9.17) is 0 Å². The van der Waals surface area contributed by atoms with Gasteiger partial charge in [-0.1, -0.05) is 66.7 Å². The number of hydrogen-bond acceptors (Lipinski definition) is 4. The van der Waals surface area contributed by atoms with Crippen LogP contribution in [-0.2, 0) is 22.2 Å². The number of benzene rings is 3. The van der Waals surface area contributed by atoms with Crippen molar-refractivity contribution in [1.82, 2.24) is 4.98 Å². The fraction of sp³-hybridized carbons (Fsp3) is 0.192. The van der Waals surface area contributed by atoms with Crippen LogP contribution in [-0.4, -0.2) is 24.7 Å². The monoisotopic (exact) mass is 500 g/mol. The topological polar surface area (TPSA) is 70.5 Å². The standard InChI is InChI=1S/C26H23F3N2O3S/c1-18-23-11-7-6-8-20(23)16-30-24(18)31(35(33,34)22-9-4-3-5-10-22)17-19-12-14-21(15-13-19)25(2,32)26(27,28)29/h3-16,32H,17H2,1-2H3. The number of hydrogen-bond donors (Lipinski definition) is 1. The Morgan fingerprint density at radius 1 is 0.914 bits per heavy atom. The number of fused-ring (bicyclic) bond motifs is 1. The quantitative estimate of drug-likeness (QED) is 0.368. The van der Waals surface area contributed by atoms with E-state index in [9.17, 15) is 26.7 Å². The van der Waals surface area contributed by atoms with Crippen molar-refractivity contribution in [2.24, 2.45) is 0 Å². The molecule has 0 radical (unpaired) electrons. The van der Waals surface area contributed by atoms with E-state index < -0.39 is 21.8 Å². The third-order valence-corrected chi connectivity index (χ3v) is 7.74. The van der Waals surface area contributed by atoms with Crippen LogP contribution >= 0.6 is 0 Å². The number of pyridine rings is 1. The molecule has 4 rings (SSSR count). The van der Waals surface area contributed by atoms with Gasteiger partial charge < -0.3 is 5.11 Å². The van der Waals surface area contributed by atoms with Gasteiger partial charge in [0.05, 0.1) is 11.4 Å². The van der Waals surface area contributed by atoms with E-state index in [1.807, 2.05) is 24.3 Å². The van der Waals surface area contributed by atoms with Crippen LogP contribution in [0.2, 0.25) is 0 Å². The lowest BCUT2D eigenvalue weighted by molar-refractivity contribution is -0.258. The van der Waals surface area contributed by atoms with Gasteiger partial charge in [0, 0.05) is 17.1 Å². The van der Waals surface area contributed by atoms with Gasteiger partial charge in [0.2, 0.25) is 0 Å². The molecule has 0 aliphatic rings. The predicted octanol–water partition coefficient (Wildman–Crippen LogP) is 5.71. The number of aromatic nitrogens is 1. The maximum absolute atomic E-state index is 13.7. The van der Waals surface area contributed by atoms with Crippen LogP contribution in [0.15, 0.2) is 90.0 Å². The highest BCUT2D eigenvalue weighted by Gasteiger charge is 2.51. The second-order valence-electron chi connectivity index (χ2n) is 8.39. The van der Waals surface area contributed by atoms with Crippen LogP contribution < -0.4 is 4.31 Å². The zero-order chi connectivity index (χ0) is 25.4. The molecule has 5 nitrogen and oxygen atoms in total. The second-order valence-corrected chi connectivity index (χ2v) is 10.2. The zero-order valence-corrected chi connectivity index (χ0v) is 19.8. The number of nitrogens with zero attached hydrogens (tertiary/aromatic N) is 2. The summed E-state index contributed by atoms with van der Waals surface area (Å²) in [5.74, 6) is 0.221. The first-order valence-corrected chi connectivity index (χ1v) is 12.2. The summed E-state index contributed by atoms with van der Waals surface area (Å²) < 4.78 is 68.2. The van der Waals surface area contributed by atoms with Crippen molar-refractivity contribution >= 4 is 26.6 Å². The Balaban J connectivity index is 1.80. The Labute approximate surface area is 201 Å². The zero-order valence-electron chi connectivity index (χ0n) is 19.0. The minimum absolute atomic E-state index is 0.0611. The van der Waals surface area contributed by atoms with E-state index in [1.165, 1.54) is 24.3 Å². The van der Waals surface area contributed by atoms with Gasteiger partial charge in [-0.25, -0.2) is 17.7 Å². The van der Waals surface area contributed by atoms with Crippen molar-refractivity contribution in [2.75, 3.05) is 4.31 Å². The van der Waals surface area contributed by atoms with Gasteiger partial charge in [0.25, 0.3) is 10.0 Å². The summed E-state index contributed by atoms with van der Waals surface area (Å²) in [4.78, 5) is 4.50. The minimum Gasteiger partial charge on any atom is -0.376 e. The van der Waals surface area contributed by atoms with Gasteiger partial charge in [-0.05, 0) is 42.5 Å². The fourth-order valence-electron chi connectivity index (χ4n) is 3.81. The molecule has 182 valence electrons. The Kier molecular flexibility index (Phi) is 6.33. The van der Waals surface area contributed by atoms with Gasteiger partial charge >= 0.3 is 6.18 Å². The Morgan fingerprint density at radius 3 is 2.14 bits per heavy atom. The van der Waals surface area contributed by atoms with Crippen LogP contribution in [0.1, 0.15) is 23.6 Å². The largest absolute Gasteiger partial charge is 0.421 e. The highest BCUT2D eigenvalue weighted by atomic mass is 32.2. The van der Waals surface area contributed by atoms with Crippen LogP contribution in [0, 0.1) is 6.92 Å². The highest BCUT2D eigenvalue weighted by molar-refractivity contribution is 7.92. The first kappa shape index (κ1) is 24.7. The van der Waals surface area contributed by atoms with Crippen molar-refractivity contribution in [1.29, 1.82) is 0 Å². The number of alkyl halides is 3. The average molecular weight is 501 g/mol. The fourth-order valence-corrected chi connectivity index (χ4v) is 5.29. The lowest BCUT2D eigenvalue weighted by atomic mass is 9.94. The van der Waals surface area contributed by atoms with Crippen LogP contribution in [0.25, 0.3) is 10.8 Å². The maximum Gasteiger partial charge on any atom is 0.421 e. The summed E-state index contributed by atoms with van der Waals surface area (Å²) in [6, 6.07) is 20.4. The van der Waals surface area contributed by atoms with Gasteiger partial charge in [0.15, 0.2) is 5.60 Å². The molecule has 0 saturated carbocycles. The van der Waals surface area contributed by atoms with Crippen molar-refractivity contribution < 1.29 is 26.7 Å². The second kappa shape index (κ2) is 8.98. The number of rotatable bonds is 6. The first-order valence-electron chi connectivity index (χ1n) is 10.7. The minimum atomic E-state index is -4.86. The van der Waals surface area contributed by atoms with Crippen LogP contribution in [0.3, 0.4) is 0 Å². The van der Waals surface area contributed by atoms with E-state index in [0.717, 1.165) is 27.2 Å². The molecule has 1 N–H and O–H groups in total. The Bertz CT molecular complexity index is 1450. The molecular formula is C26H23F3N2O3S. The molecule has 9 heteroatoms. The van der Waals surface area contributed by atoms with E-state index in [-0.39, 0.29) is 22.8 Å². The SMILES string of the molecule is Cc1c(N(Cc2ccc(C(C)(O)C(F)(F)F)cc2)S(=O)(=O)c2ccccc2)ncc2ccccc12. The molecule has 1 unspecified atom stereocenters. The average Bonchev–Trinajstić information content (AvgIpc) is 2.83. The normalized spacial score (nSPS) is 14.0. The molecule has 0 fully saturated rings. The number of sulfonamides is 1. The van der Waals surface area contributed by atoms with Gasteiger partial charge in [0.1, 0.15) is 5.82 Å². The molecule has 3 aromatic carbocycles. The third kappa shape index (κ3) is 4.61. The Hall–Kier alpha value is -3.43. The molecule has 1 atom stereocenters. The Morgan fingerprint density at radius 2 is 1.51 bits per heavy atom. The number of anilines is 1. The summed E-state index contributed by atoms with van der Waals surface area (Å²) in [6.45, 7) is 2.29. The molecule has 4 aromatic rings. The summed E-state index contributed by atoms with van der Waals surface area (Å²) >= 11 is 0. The van der Waals surface area contributed by atoms with Crippen LogP contribution in [0.4, 0.5) is 19.0 Å². The van der Waals surface area contributed by atoms with E-state index >= 15 is 0 Å². The van der Waals surface area contributed by atoms with Crippen LogP contribution in [0.5, 0.6) is 0 Å². The van der Waals surface area contributed by atoms with E-state index in [2.05, 4.69) is 4.98 Å². The summed E-state index contributed by atoms with van der Waals surface area (Å²) in [6.07, 6.45) is -3.27. The van der Waals surface area contributed by atoms with Gasteiger partial charge in [-0.15, -0.1) is 0 Å². The number of aryl methyl sites for hydroxylation is 1. The smallest absolute Gasteiger partial charge is 0.376 e. The van der Waals surface area contributed by atoms with Crippen molar-refractivity contribution in [2.45, 2.75) is 37.1 Å². The predicted molar refractivity (Wildman–Crippen MR) is 128 cm³/mol.